The monoisotopic (exact) mass is 212 g/mol. The molecule has 0 fully saturated rings. The Morgan fingerprint density at radius 3 is 2.09 bits per heavy atom. The molecule has 0 spiro atoms. The Bertz CT molecular complexity index is 303. The molecule has 0 aliphatic carbocycles. The summed E-state index contributed by atoms with van der Waals surface area (Å²) in [7, 11) is 0. The van der Waals surface area contributed by atoms with Crippen LogP contribution in [0.4, 0.5) is 0 Å². The summed E-state index contributed by atoms with van der Waals surface area (Å²) in [4.78, 5) is 10.6. The Hall–Kier alpha value is -0.180. The highest BCUT2D eigenvalue weighted by Gasteiger charge is 2.18. The summed E-state index contributed by atoms with van der Waals surface area (Å²) in [5.41, 5.74) is 0. The first-order valence-electron chi connectivity index (χ1n) is 2.68. The van der Waals surface area contributed by atoms with Crippen LogP contribution in [0.15, 0.2) is 4.42 Å². The van der Waals surface area contributed by atoms with E-state index in [4.69, 9.17) is 39.2 Å². The van der Waals surface area contributed by atoms with Crippen LogP contribution in [0.3, 0.4) is 0 Å². The summed E-state index contributed by atoms with van der Waals surface area (Å²) >= 11 is 16.3. The fraction of sp³-hybridized carbons (Fsp3) is 0.167. The van der Waals surface area contributed by atoms with Gasteiger partial charge >= 0.3 is 0 Å². The summed E-state index contributed by atoms with van der Waals surface area (Å²) < 4.78 is 4.86. The number of carbonyl (C=O) groups excluding carboxylic acids is 1. The molecule has 2 nitrogen and oxygen atoms in total. The van der Waals surface area contributed by atoms with Gasteiger partial charge in [-0.25, -0.2) is 0 Å². The third-order valence-corrected chi connectivity index (χ3v) is 2.22. The Morgan fingerprint density at radius 2 is 1.91 bits per heavy atom. The Morgan fingerprint density at radius 1 is 1.36 bits per heavy atom. The van der Waals surface area contributed by atoms with Crippen LogP contribution >= 0.6 is 34.8 Å². The van der Waals surface area contributed by atoms with E-state index in [1.807, 2.05) is 0 Å². The predicted molar refractivity (Wildman–Crippen MR) is 43.6 cm³/mol. The molecule has 1 heterocycles. The lowest BCUT2D eigenvalue weighted by molar-refractivity contribution is 0.105. The lowest BCUT2D eigenvalue weighted by atomic mass is 10.4. The smallest absolute Gasteiger partial charge is 0.289 e. The van der Waals surface area contributed by atoms with Crippen molar-refractivity contribution in [2.24, 2.45) is 0 Å². The van der Waals surface area contributed by atoms with Crippen molar-refractivity contribution in [2.75, 3.05) is 0 Å². The van der Waals surface area contributed by atoms with Gasteiger partial charge in [-0.05, 0) is 18.5 Å². The topological polar surface area (TPSA) is 30.2 Å². The summed E-state index contributed by atoms with van der Waals surface area (Å²) in [6, 6.07) is 0. The quantitative estimate of drug-likeness (QED) is 0.670. The van der Waals surface area contributed by atoms with E-state index in [9.17, 15) is 4.79 Å². The van der Waals surface area contributed by atoms with Crippen LogP contribution in [0.25, 0.3) is 0 Å². The van der Waals surface area contributed by atoms with E-state index in [-0.39, 0.29) is 15.8 Å². The van der Waals surface area contributed by atoms with Crippen LogP contribution in [-0.2, 0) is 0 Å². The highest BCUT2D eigenvalue weighted by molar-refractivity contribution is 6.68. The number of aryl methyl sites for hydroxylation is 1. The maximum absolute atomic E-state index is 10.6. The molecule has 0 aromatic carbocycles. The van der Waals surface area contributed by atoms with Crippen molar-refractivity contribution < 1.29 is 9.21 Å². The maximum Gasteiger partial charge on any atom is 0.289 e. The van der Waals surface area contributed by atoms with Gasteiger partial charge in [-0.15, -0.1) is 0 Å². The molecule has 0 bridgehead atoms. The molecule has 0 unspecified atom stereocenters. The zero-order valence-electron chi connectivity index (χ0n) is 5.45. The van der Waals surface area contributed by atoms with Gasteiger partial charge in [0.2, 0.25) is 5.76 Å². The molecule has 60 valence electrons. The van der Waals surface area contributed by atoms with E-state index in [0.717, 1.165) is 0 Å². The van der Waals surface area contributed by atoms with E-state index in [1.165, 1.54) is 0 Å². The highest BCUT2D eigenvalue weighted by atomic mass is 35.5. The van der Waals surface area contributed by atoms with Crippen LogP contribution < -0.4 is 0 Å². The van der Waals surface area contributed by atoms with Gasteiger partial charge in [-0.1, -0.05) is 23.2 Å². The number of hydrogen-bond donors (Lipinski definition) is 0. The summed E-state index contributed by atoms with van der Waals surface area (Å²) in [5.74, 6) is 0.288. The van der Waals surface area contributed by atoms with Crippen LogP contribution in [0.1, 0.15) is 16.3 Å². The van der Waals surface area contributed by atoms with Crippen molar-refractivity contribution in [3.63, 3.8) is 0 Å². The van der Waals surface area contributed by atoms with Gasteiger partial charge in [0.25, 0.3) is 5.24 Å². The molecule has 0 N–H and O–H groups in total. The second-order valence-corrected chi connectivity index (χ2v) is 2.99. The van der Waals surface area contributed by atoms with E-state index in [2.05, 4.69) is 0 Å². The number of furan rings is 1. The molecular weight excluding hydrogens is 210 g/mol. The van der Waals surface area contributed by atoms with E-state index in [1.54, 1.807) is 6.92 Å². The molecule has 11 heavy (non-hydrogen) atoms. The predicted octanol–water partition coefficient (Wildman–Crippen LogP) is 3.27. The minimum atomic E-state index is -0.745. The SMILES string of the molecule is Cc1oc(C(=O)Cl)c(Cl)c1Cl. The molecule has 5 heteroatoms. The third kappa shape index (κ3) is 1.53. The molecular formula is C6H3Cl3O2. The van der Waals surface area contributed by atoms with Crippen LogP contribution in [0.2, 0.25) is 10.0 Å². The van der Waals surface area contributed by atoms with Crippen molar-refractivity contribution >= 4 is 40.0 Å². The first-order chi connectivity index (χ1) is 5.04. The average Bonchev–Trinajstić information content (AvgIpc) is 2.17. The number of halogens is 3. The molecule has 0 saturated carbocycles. The van der Waals surface area contributed by atoms with Gasteiger partial charge in [0.05, 0.1) is 0 Å². The average molecular weight is 213 g/mol. The number of carbonyl (C=O) groups is 1. The second-order valence-electron chi connectivity index (χ2n) is 1.89. The van der Waals surface area contributed by atoms with Crippen molar-refractivity contribution in [3.8, 4) is 0 Å². The van der Waals surface area contributed by atoms with Crippen molar-refractivity contribution in [2.45, 2.75) is 6.92 Å². The summed E-state index contributed by atoms with van der Waals surface area (Å²) in [6.07, 6.45) is 0. The van der Waals surface area contributed by atoms with Gasteiger partial charge in [0.15, 0.2) is 0 Å². The molecule has 0 amide bonds. The minimum absolute atomic E-state index is 0.0733. The van der Waals surface area contributed by atoms with Crippen LogP contribution in [0.5, 0.6) is 0 Å². The van der Waals surface area contributed by atoms with Crippen LogP contribution in [-0.4, -0.2) is 5.24 Å². The van der Waals surface area contributed by atoms with Gasteiger partial charge < -0.3 is 4.42 Å². The van der Waals surface area contributed by atoms with Gasteiger partial charge in [-0.3, -0.25) is 4.79 Å². The molecule has 0 aliphatic heterocycles. The standard InChI is InChI=1S/C6H3Cl3O2/c1-2-3(7)4(8)5(11-2)6(9)10/h1H3. The van der Waals surface area contributed by atoms with E-state index in [0.29, 0.717) is 5.76 Å². The molecule has 1 aromatic heterocycles. The molecule has 1 rings (SSSR count). The first-order valence-corrected chi connectivity index (χ1v) is 3.81. The fourth-order valence-corrected chi connectivity index (χ4v) is 1.19. The lowest BCUT2D eigenvalue weighted by Gasteiger charge is -1.83. The fourth-order valence-electron chi connectivity index (χ4n) is 0.623. The zero-order chi connectivity index (χ0) is 8.59. The molecule has 1 aromatic rings. The minimum Gasteiger partial charge on any atom is -0.454 e. The summed E-state index contributed by atoms with van der Waals surface area (Å²) in [5, 5.41) is -0.440. The molecule has 0 aliphatic rings. The molecule has 0 saturated heterocycles. The summed E-state index contributed by atoms with van der Waals surface area (Å²) in [6.45, 7) is 1.59. The van der Waals surface area contributed by atoms with Crippen molar-refractivity contribution in [1.82, 2.24) is 0 Å². The van der Waals surface area contributed by atoms with Crippen molar-refractivity contribution in [1.29, 1.82) is 0 Å². The number of rotatable bonds is 1. The molecule has 0 atom stereocenters. The largest absolute Gasteiger partial charge is 0.454 e. The molecule has 0 radical (unpaired) electrons. The maximum atomic E-state index is 10.6. The van der Waals surface area contributed by atoms with E-state index < -0.39 is 5.24 Å². The Balaban J connectivity index is 3.29. The van der Waals surface area contributed by atoms with Crippen molar-refractivity contribution in [3.05, 3.63) is 21.6 Å². The first kappa shape index (κ1) is 8.91. The van der Waals surface area contributed by atoms with E-state index >= 15 is 0 Å². The highest BCUT2D eigenvalue weighted by Crippen LogP contribution is 2.32. The Kier molecular flexibility index (Phi) is 2.47. The third-order valence-electron chi connectivity index (χ3n) is 1.13. The van der Waals surface area contributed by atoms with Gasteiger partial charge in [-0.2, -0.15) is 0 Å². The van der Waals surface area contributed by atoms with Crippen LogP contribution in [0, 0.1) is 6.92 Å². The van der Waals surface area contributed by atoms with Gasteiger partial charge in [0.1, 0.15) is 15.8 Å². The second kappa shape index (κ2) is 3.05. The zero-order valence-corrected chi connectivity index (χ0v) is 7.72. The lowest BCUT2D eigenvalue weighted by Crippen LogP contribution is -1.83. The normalized spacial score (nSPS) is 10.2. The Labute approximate surface area is 78.0 Å². The van der Waals surface area contributed by atoms with Gasteiger partial charge in [0, 0.05) is 0 Å². The number of hydrogen-bond acceptors (Lipinski definition) is 2.